The van der Waals surface area contributed by atoms with Gasteiger partial charge in [-0.3, -0.25) is 4.79 Å². The summed E-state index contributed by atoms with van der Waals surface area (Å²) in [6, 6.07) is 0.0369. The lowest BCUT2D eigenvalue weighted by Gasteiger charge is -2.22. The van der Waals surface area contributed by atoms with E-state index in [0.717, 1.165) is 0 Å². The number of hydrogen-bond acceptors (Lipinski definition) is 2. The van der Waals surface area contributed by atoms with Gasteiger partial charge in [-0.05, 0) is 18.3 Å². The monoisotopic (exact) mass is 201 g/mol. The normalized spacial score (nSPS) is 16.1. The topological polar surface area (TPSA) is 49.3 Å². The lowest BCUT2D eigenvalue weighted by Crippen LogP contribution is -2.39. The largest absolute Gasteiger partial charge is 0.396 e. The molecule has 1 amide bonds. The lowest BCUT2D eigenvalue weighted by atomic mass is 9.91. The maximum atomic E-state index is 11.5. The number of aliphatic hydroxyl groups excluding tert-OH is 1. The molecule has 0 bridgehead atoms. The van der Waals surface area contributed by atoms with Crippen molar-refractivity contribution < 1.29 is 9.90 Å². The second-order valence-corrected chi connectivity index (χ2v) is 5.25. The highest BCUT2D eigenvalue weighted by atomic mass is 16.3. The zero-order valence-electron chi connectivity index (χ0n) is 9.92. The van der Waals surface area contributed by atoms with Crippen LogP contribution < -0.4 is 5.32 Å². The van der Waals surface area contributed by atoms with E-state index in [-0.39, 0.29) is 29.9 Å². The van der Waals surface area contributed by atoms with E-state index in [2.05, 4.69) is 5.32 Å². The van der Waals surface area contributed by atoms with Crippen molar-refractivity contribution in [1.29, 1.82) is 0 Å². The third-order valence-corrected chi connectivity index (χ3v) is 2.22. The molecular formula is C11H23NO2. The summed E-state index contributed by atoms with van der Waals surface area (Å²) >= 11 is 0. The van der Waals surface area contributed by atoms with Crippen LogP contribution in [0.5, 0.6) is 0 Å². The Kier molecular flexibility index (Phi) is 5.13. The fourth-order valence-corrected chi connectivity index (χ4v) is 1.09. The highest BCUT2D eigenvalue weighted by Crippen LogP contribution is 2.18. The van der Waals surface area contributed by atoms with E-state index in [0.29, 0.717) is 6.42 Å². The Balaban J connectivity index is 3.95. The molecule has 2 N–H and O–H groups in total. The van der Waals surface area contributed by atoms with Crippen molar-refractivity contribution in [2.24, 2.45) is 11.3 Å². The molecule has 0 aromatic carbocycles. The van der Waals surface area contributed by atoms with Crippen molar-refractivity contribution in [3.63, 3.8) is 0 Å². The van der Waals surface area contributed by atoms with Gasteiger partial charge in [-0.2, -0.15) is 0 Å². The van der Waals surface area contributed by atoms with Gasteiger partial charge >= 0.3 is 0 Å². The minimum atomic E-state index is 0.0201. The fourth-order valence-electron chi connectivity index (χ4n) is 1.09. The minimum Gasteiger partial charge on any atom is -0.396 e. The van der Waals surface area contributed by atoms with Gasteiger partial charge in [0.25, 0.3) is 0 Å². The van der Waals surface area contributed by atoms with Gasteiger partial charge in [0.1, 0.15) is 0 Å². The second kappa shape index (κ2) is 5.35. The summed E-state index contributed by atoms with van der Waals surface area (Å²) in [4.78, 5) is 11.5. The summed E-state index contributed by atoms with van der Waals surface area (Å²) in [6.07, 6.45) is 0.523. The van der Waals surface area contributed by atoms with Gasteiger partial charge in [-0.15, -0.1) is 0 Å². The van der Waals surface area contributed by atoms with Crippen molar-refractivity contribution in [1.82, 2.24) is 5.32 Å². The first-order valence-electron chi connectivity index (χ1n) is 5.16. The maximum Gasteiger partial charge on any atom is 0.220 e. The van der Waals surface area contributed by atoms with Crippen LogP contribution in [-0.4, -0.2) is 23.7 Å². The van der Waals surface area contributed by atoms with Gasteiger partial charge in [-0.25, -0.2) is 0 Å². The maximum absolute atomic E-state index is 11.5. The first kappa shape index (κ1) is 13.4. The molecule has 0 aromatic rings. The number of amides is 1. The molecule has 0 aliphatic rings. The molecule has 0 spiro atoms. The van der Waals surface area contributed by atoms with Crippen molar-refractivity contribution in [2.75, 3.05) is 6.61 Å². The van der Waals surface area contributed by atoms with E-state index in [1.54, 1.807) is 0 Å². The predicted molar refractivity (Wildman–Crippen MR) is 57.9 cm³/mol. The van der Waals surface area contributed by atoms with E-state index in [1.165, 1.54) is 0 Å². The third kappa shape index (κ3) is 5.97. The van der Waals surface area contributed by atoms with Gasteiger partial charge in [0.15, 0.2) is 0 Å². The van der Waals surface area contributed by atoms with Crippen LogP contribution in [0.3, 0.4) is 0 Å². The molecule has 84 valence electrons. The molecule has 0 rings (SSSR count). The Bertz CT molecular complexity index is 184. The van der Waals surface area contributed by atoms with E-state index >= 15 is 0 Å². The van der Waals surface area contributed by atoms with E-state index < -0.39 is 0 Å². The zero-order valence-corrected chi connectivity index (χ0v) is 9.92. The molecule has 0 heterocycles. The van der Waals surface area contributed by atoms with Crippen molar-refractivity contribution >= 4 is 5.91 Å². The summed E-state index contributed by atoms with van der Waals surface area (Å²) in [6.45, 7) is 10.0. The smallest absolute Gasteiger partial charge is 0.220 e. The van der Waals surface area contributed by atoms with E-state index in [1.807, 2.05) is 34.6 Å². The lowest BCUT2D eigenvalue weighted by molar-refractivity contribution is -0.123. The van der Waals surface area contributed by atoms with Crippen LogP contribution >= 0.6 is 0 Å². The molecule has 0 radical (unpaired) electrons. The molecule has 0 fully saturated rings. The molecule has 3 heteroatoms. The first-order valence-corrected chi connectivity index (χ1v) is 5.16. The zero-order chi connectivity index (χ0) is 11.4. The SMILES string of the molecule is CC(CO)C(C)NC(=O)CC(C)(C)C. The standard InChI is InChI=1S/C11H23NO2/c1-8(7-13)9(2)12-10(14)6-11(3,4)5/h8-9,13H,6-7H2,1-5H3,(H,12,14). The minimum absolute atomic E-state index is 0.0201. The highest BCUT2D eigenvalue weighted by molar-refractivity contribution is 5.76. The number of carbonyl (C=O) groups is 1. The average Bonchev–Trinajstić information content (AvgIpc) is 1.99. The molecule has 0 saturated carbocycles. The first-order chi connectivity index (χ1) is 6.26. The summed E-state index contributed by atoms with van der Waals surface area (Å²) in [5.74, 6) is 0.171. The Hall–Kier alpha value is -0.570. The van der Waals surface area contributed by atoms with Crippen LogP contribution in [0.25, 0.3) is 0 Å². The fraction of sp³-hybridized carbons (Fsp3) is 0.909. The number of carbonyl (C=O) groups excluding carboxylic acids is 1. The number of hydrogen-bond donors (Lipinski definition) is 2. The predicted octanol–water partition coefficient (Wildman–Crippen LogP) is 1.56. The summed E-state index contributed by atoms with van der Waals surface area (Å²) in [7, 11) is 0. The van der Waals surface area contributed by atoms with Crippen LogP contribution in [0.15, 0.2) is 0 Å². The quantitative estimate of drug-likeness (QED) is 0.725. The summed E-state index contributed by atoms with van der Waals surface area (Å²) in [5, 5.41) is 11.8. The number of nitrogens with one attached hydrogen (secondary N) is 1. The van der Waals surface area contributed by atoms with Gasteiger partial charge in [0, 0.05) is 19.1 Å². The molecule has 3 nitrogen and oxygen atoms in total. The van der Waals surface area contributed by atoms with Gasteiger partial charge in [-0.1, -0.05) is 27.7 Å². The van der Waals surface area contributed by atoms with E-state index in [9.17, 15) is 4.79 Å². The Morgan fingerprint density at radius 3 is 2.21 bits per heavy atom. The van der Waals surface area contributed by atoms with Crippen LogP contribution in [0.4, 0.5) is 0 Å². The Morgan fingerprint density at radius 2 is 1.86 bits per heavy atom. The van der Waals surface area contributed by atoms with Gasteiger partial charge in [0.2, 0.25) is 5.91 Å². The molecule has 0 aliphatic heterocycles. The van der Waals surface area contributed by atoms with Crippen LogP contribution in [0.1, 0.15) is 41.0 Å². The number of aliphatic hydroxyl groups is 1. The molecule has 0 saturated heterocycles. The van der Waals surface area contributed by atoms with Crippen LogP contribution in [-0.2, 0) is 4.79 Å². The molecule has 14 heavy (non-hydrogen) atoms. The molecule has 2 unspecified atom stereocenters. The van der Waals surface area contributed by atoms with E-state index in [4.69, 9.17) is 5.11 Å². The number of rotatable bonds is 4. The van der Waals surface area contributed by atoms with Gasteiger partial charge in [0.05, 0.1) is 0 Å². The average molecular weight is 201 g/mol. The van der Waals surface area contributed by atoms with Crippen LogP contribution in [0.2, 0.25) is 0 Å². The van der Waals surface area contributed by atoms with Crippen molar-refractivity contribution in [2.45, 2.75) is 47.1 Å². The molecule has 0 aliphatic carbocycles. The van der Waals surface area contributed by atoms with Crippen molar-refractivity contribution in [3.05, 3.63) is 0 Å². The third-order valence-electron chi connectivity index (χ3n) is 2.22. The second-order valence-electron chi connectivity index (χ2n) is 5.25. The van der Waals surface area contributed by atoms with Crippen molar-refractivity contribution in [3.8, 4) is 0 Å². The molecular weight excluding hydrogens is 178 g/mol. The highest BCUT2D eigenvalue weighted by Gasteiger charge is 2.19. The summed E-state index contributed by atoms with van der Waals surface area (Å²) in [5.41, 5.74) is 0.0201. The van der Waals surface area contributed by atoms with Crippen LogP contribution in [0, 0.1) is 11.3 Å². The Labute approximate surface area is 86.9 Å². The Morgan fingerprint density at radius 1 is 1.36 bits per heavy atom. The van der Waals surface area contributed by atoms with Gasteiger partial charge < -0.3 is 10.4 Å². The molecule has 0 aromatic heterocycles. The summed E-state index contributed by atoms with van der Waals surface area (Å²) < 4.78 is 0. The molecule has 2 atom stereocenters.